The Balaban J connectivity index is 0.000000740. The number of rotatable bonds is 6. The number of hydrogen-bond donors (Lipinski definition) is 0. The van der Waals surface area contributed by atoms with E-state index in [1.165, 1.54) is 31.8 Å². The van der Waals surface area contributed by atoms with Gasteiger partial charge in [-0.2, -0.15) is 0 Å². The van der Waals surface area contributed by atoms with E-state index in [0.717, 1.165) is 0 Å². The van der Waals surface area contributed by atoms with Crippen LogP contribution >= 0.6 is 15.8 Å². The van der Waals surface area contributed by atoms with Crippen molar-refractivity contribution in [1.29, 1.82) is 0 Å². The summed E-state index contributed by atoms with van der Waals surface area (Å²) < 4.78 is 15.0. The third kappa shape index (κ3) is 18.3. The average molecular weight is 808 g/mol. The summed E-state index contributed by atoms with van der Waals surface area (Å²) in [6, 6.07) is 65.0. The van der Waals surface area contributed by atoms with Crippen LogP contribution in [0.4, 0.5) is 0 Å². The van der Waals surface area contributed by atoms with Crippen molar-refractivity contribution in [3.8, 4) is 0 Å². The van der Waals surface area contributed by atoms with Crippen LogP contribution in [-0.2, 0) is 28.8 Å². The van der Waals surface area contributed by atoms with Crippen molar-refractivity contribution in [2.45, 2.75) is 0 Å². The van der Waals surface area contributed by atoms with E-state index < -0.39 is 26.0 Å². The van der Waals surface area contributed by atoms with Crippen LogP contribution in [0.3, 0.4) is 0 Å². The molecule has 0 amide bonds. The molecule has 0 aliphatic rings. The van der Waals surface area contributed by atoms with Gasteiger partial charge in [0, 0.05) is 0 Å². The fourth-order valence-electron chi connectivity index (χ4n) is 4.63. The molecule has 0 fully saturated rings. The van der Waals surface area contributed by atoms with E-state index in [-0.39, 0.29) is 19.5 Å². The summed E-state index contributed by atoms with van der Waals surface area (Å²) in [6.07, 6.45) is 0. The summed E-state index contributed by atoms with van der Waals surface area (Å²) in [4.78, 5) is 16.5. The van der Waals surface area contributed by atoms with Crippen LogP contribution in [0, 0.1) is 43.9 Å². The van der Waals surface area contributed by atoms with Gasteiger partial charge in [-0.3, -0.25) is 0 Å². The van der Waals surface area contributed by atoms with Crippen LogP contribution in [0.2, 0.25) is 0 Å². The van der Waals surface area contributed by atoms with Crippen molar-refractivity contribution in [2.24, 2.45) is 0 Å². The maximum atomic E-state index is 8.25. The van der Waals surface area contributed by atoms with Gasteiger partial charge in [0.2, 0.25) is 0 Å². The Morgan fingerprint density at radius 3 is 0.529 bits per heavy atom. The molecule has 0 unspecified atom stereocenters. The van der Waals surface area contributed by atoms with Crippen LogP contribution in [0.15, 0.2) is 182 Å². The zero-order valence-corrected chi connectivity index (χ0v) is 30.6. The largest absolute Gasteiger partial charge is 2.00 e. The summed E-state index contributed by atoms with van der Waals surface area (Å²) in [5.74, 6) is 0. The van der Waals surface area contributed by atoms with Gasteiger partial charge in [-0.05, 0) is 72.8 Å². The first-order valence-corrected chi connectivity index (χ1v) is 17.5. The van der Waals surface area contributed by atoms with E-state index in [1.54, 1.807) is 0 Å². The van der Waals surface area contributed by atoms with Gasteiger partial charge in [0.25, 0.3) is 0 Å². The topological polar surface area (TPSA) is 172 Å². The molecule has 0 aliphatic carbocycles. The van der Waals surface area contributed by atoms with Crippen LogP contribution in [-0.4, -0.2) is 10.2 Å². The van der Waals surface area contributed by atoms with Gasteiger partial charge in [0.05, 0.1) is 26.0 Å². The van der Waals surface area contributed by atoms with Gasteiger partial charge in [-0.1, -0.05) is 109 Å². The second-order valence-corrected chi connectivity index (χ2v) is 14.4. The molecule has 0 spiro atoms. The first-order valence-electron chi connectivity index (χ1n) is 14.5. The van der Waals surface area contributed by atoms with Gasteiger partial charge >= 0.3 is 42.1 Å². The van der Waals surface area contributed by atoms with E-state index in [9.17, 15) is 0 Å². The molecular formula is C38H32N2O8P2Ru+2. The summed E-state index contributed by atoms with van der Waals surface area (Å²) in [6.45, 7) is 9.00. The number of benzene rings is 6. The van der Waals surface area contributed by atoms with Gasteiger partial charge in [0.15, 0.2) is 0 Å². The van der Waals surface area contributed by atoms with Crippen molar-refractivity contribution < 1.29 is 39.0 Å². The van der Waals surface area contributed by atoms with Crippen LogP contribution in [0.5, 0.6) is 0 Å². The predicted octanol–water partition coefficient (Wildman–Crippen LogP) is 5.80. The Bertz CT molecular complexity index is 1480. The quantitative estimate of drug-likeness (QED) is 0.0514. The first kappa shape index (κ1) is 45.7. The molecule has 6 rings (SSSR count). The van der Waals surface area contributed by atoms with Gasteiger partial charge < -0.3 is 30.6 Å². The molecule has 0 atom stereocenters. The van der Waals surface area contributed by atoms with Crippen molar-refractivity contribution in [1.82, 2.24) is 0 Å². The summed E-state index contributed by atoms with van der Waals surface area (Å²) in [5, 5.41) is 38.1. The van der Waals surface area contributed by atoms with Gasteiger partial charge in [0.1, 0.15) is 31.8 Å². The minimum atomic E-state index is -1.75. The molecule has 0 aliphatic heterocycles. The van der Waals surface area contributed by atoms with Gasteiger partial charge in [-0.25, -0.2) is 0 Å². The fraction of sp³-hybridized carbons (Fsp3) is 0. The molecule has 6 aromatic rings. The van der Waals surface area contributed by atoms with Crippen LogP contribution in [0.25, 0.3) is 0 Å². The van der Waals surface area contributed by atoms with Crippen LogP contribution in [0.1, 0.15) is 0 Å². The molecule has 10 nitrogen and oxygen atoms in total. The minimum Gasteiger partial charge on any atom is -0.0620 e. The maximum absolute atomic E-state index is 8.25. The minimum absolute atomic E-state index is 0. The van der Waals surface area contributed by atoms with Crippen molar-refractivity contribution in [3.05, 3.63) is 226 Å². The smallest absolute Gasteiger partial charge is 0.0620 e. The molecular weight excluding hydrogens is 775 g/mol. The SMILES string of the molecule is O=[N+]([O-])[O-].O=[N+]([O-])[O-].[C-]#[O+].[C-]#[O+].[Ru+2].c1ccc([PH+](c2ccccc2)c2ccccc2)cc1.c1ccc([PH+](c2ccccc2)c2ccccc2)cc1. The van der Waals surface area contributed by atoms with E-state index in [0.29, 0.717) is 0 Å². The van der Waals surface area contributed by atoms with E-state index in [1.807, 2.05) is 0 Å². The van der Waals surface area contributed by atoms with Gasteiger partial charge in [-0.15, -0.1) is 0 Å². The Morgan fingerprint density at radius 2 is 0.431 bits per heavy atom. The zero-order chi connectivity index (χ0) is 37.0. The summed E-state index contributed by atoms with van der Waals surface area (Å²) in [5.41, 5.74) is 0. The molecule has 0 heterocycles. The fourth-order valence-corrected chi connectivity index (χ4v) is 9.78. The van der Waals surface area contributed by atoms with E-state index >= 15 is 0 Å². The maximum Gasteiger partial charge on any atom is 2.00 e. The molecule has 0 N–H and O–H groups in total. The Labute approximate surface area is 311 Å². The normalized spacial score (nSPS) is 8.90. The monoisotopic (exact) mass is 808 g/mol. The molecule has 0 bridgehead atoms. The van der Waals surface area contributed by atoms with E-state index in [2.05, 4.69) is 195 Å². The van der Waals surface area contributed by atoms with Crippen molar-refractivity contribution >= 4 is 47.7 Å². The Morgan fingerprint density at radius 1 is 0.333 bits per heavy atom. The molecule has 0 saturated carbocycles. The summed E-state index contributed by atoms with van der Waals surface area (Å²) in [7, 11) is -1.75. The predicted molar refractivity (Wildman–Crippen MR) is 202 cm³/mol. The molecule has 0 radical (unpaired) electrons. The molecule has 0 saturated heterocycles. The van der Waals surface area contributed by atoms with Crippen molar-refractivity contribution in [3.63, 3.8) is 0 Å². The third-order valence-electron chi connectivity index (χ3n) is 6.37. The first-order chi connectivity index (χ1) is 24.4. The van der Waals surface area contributed by atoms with Crippen molar-refractivity contribution in [2.75, 3.05) is 0 Å². The molecule has 13 heteroatoms. The molecule has 6 aromatic carbocycles. The second kappa shape index (κ2) is 28.5. The standard InChI is InChI=1S/2C18H15P.2CO.2NO3.Ru/c2*1-4-10-16(11-5-1)19(17-12-6-2-7-13-17)18-14-8-3-9-15-18;2*1-2;2*2-1(3)4;/h2*1-15H;;;;;/q;;;;2*-1;+2/p+2. The average Bonchev–Trinajstić information content (AvgIpc) is 3.16. The summed E-state index contributed by atoms with van der Waals surface area (Å²) >= 11 is 0. The third-order valence-corrected chi connectivity index (χ3v) is 11.8. The van der Waals surface area contributed by atoms with E-state index in [4.69, 9.17) is 39.9 Å². The Hall–Kier alpha value is -5.32. The number of hydrogen-bond acceptors (Lipinski definition) is 6. The molecule has 258 valence electrons. The second-order valence-electron chi connectivity index (χ2n) is 9.39. The molecule has 0 aromatic heterocycles. The number of nitrogens with zero attached hydrogens (tertiary/aromatic N) is 2. The Kier molecular flexibility index (Phi) is 25.5. The van der Waals surface area contributed by atoms with Crippen LogP contribution < -0.4 is 31.8 Å². The molecule has 51 heavy (non-hydrogen) atoms. The zero-order valence-electron chi connectivity index (χ0n) is 26.8.